The van der Waals surface area contributed by atoms with Gasteiger partial charge in [-0.05, 0) is 109 Å². The van der Waals surface area contributed by atoms with Crippen molar-refractivity contribution < 1.29 is 18.6 Å². The summed E-state index contributed by atoms with van der Waals surface area (Å²) in [5.74, 6) is 0. The van der Waals surface area contributed by atoms with Crippen molar-refractivity contribution in [1.82, 2.24) is 0 Å². The van der Waals surface area contributed by atoms with Crippen LogP contribution in [0.15, 0.2) is 72.8 Å². The first-order valence-corrected chi connectivity index (χ1v) is 14.3. The number of rotatable bonds is 2. The summed E-state index contributed by atoms with van der Waals surface area (Å²) < 4.78 is 25.6. The highest BCUT2D eigenvalue weighted by molar-refractivity contribution is 6.65. The van der Waals surface area contributed by atoms with Crippen molar-refractivity contribution in [3.8, 4) is 0 Å². The van der Waals surface area contributed by atoms with E-state index < -0.39 is 7.12 Å². The first-order chi connectivity index (χ1) is 18.8. The van der Waals surface area contributed by atoms with Crippen molar-refractivity contribution in [2.75, 3.05) is 0 Å². The van der Waals surface area contributed by atoms with Gasteiger partial charge in [0.2, 0.25) is 0 Å². The predicted molar refractivity (Wildman–Crippen MR) is 168 cm³/mol. The molecule has 202 valence electrons. The van der Waals surface area contributed by atoms with E-state index in [1.54, 1.807) is 0 Å². The van der Waals surface area contributed by atoms with Crippen LogP contribution in [0.5, 0.6) is 0 Å². The molecule has 0 unspecified atom stereocenters. The molecule has 7 rings (SSSR count). The smallest absolute Gasteiger partial charge is 0.399 e. The third-order valence-electron chi connectivity index (χ3n) is 9.96. The first-order valence-electron chi connectivity index (χ1n) is 14.3. The lowest BCUT2D eigenvalue weighted by atomic mass is 9.75. The molecule has 0 atom stereocenters. The van der Waals surface area contributed by atoms with Crippen LogP contribution in [0.4, 0.5) is 0 Å². The fraction of sp³-hybridized carbons (Fsp3) is 0.353. The van der Waals surface area contributed by atoms with Crippen molar-refractivity contribution in [2.24, 2.45) is 0 Å². The van der Waals surface area contributed by atoms with Gasteiger partial charge in [0, 0.05) is 0 Å². The summed E-state index contributed by atoms with van der Waals surface area (Å²) in [5, 5.41) is 9.70. The largest absolute Gasteiger partial charge is 0.495 e. The van der Waals surface area contributed by atoms with Gasteiger partial charge in [-0.1, -0.05) is 72.8 Å². The maximum absolute atomic E-state index is 6.43. The fourth-order valence-corrected chi connectivity index (χ4v) is 6.06. The zero-order chi connectivity index (χ0) is 28.2. The normalized spacial score (nSPS) is 21.3. The molecule has 0 N–H and O–H groups in total. The minimum Gasteiger partial charge on any atom is -0.399 e. The molecule has 0 aromatic heterocycles. The minimum absolute atomic E-state index is 0.373. The monoisotopic (exact) mass is 530 g/mol. The molecule has 2 heterocycles. The third-order valence-corrected chi connectivity index (χ3v) is 9.96. The van der Waals surface area contributed by atoms with Crippen LogP contribution in [0.3, 0.4) is 0 Å². The first kappa shape index (κ1) is 26.0. The van der Waals surface area contributed by atoms with E-state index in [1.165, 1.54) is 37.7 Å². The van der Waals surface area contributed by atoms with E-state index >= 15 is 0 Å². The van der Waals surface area contributed by atoms with E-state index in [-0.39, 0.29) is 29.5 Å². The third kappa shape index (κ3) is 3.70. The highest BCUT2D eigenvalue weighted by Crippen LogP contribution is 2.39. The van der Waals surface area contributed by atoms with Crippen LogP contribution in [-0.2, 0) is 18.6 Å². The second kappa shape index (κ2) is 8.33. The fourth-order valence-electron chi connectivity index (χ4n) is 6.06. The Morgan fingerprint density at radius 3 is 1.43 bits per heavy atom. The molecule has 0 aliphatic carbocycles. The van der Waals surface area contributed by atoms with Crippen LogP contribution < -0.4 is 10.9 Å². The Morgan fingerprint density at radius 1 is 0.425 bits per heavy atom. The van der Waals surface area contributed by atoms with Gasteiger partial charge >= 0.3 is 14.2 Å². The summed E-state index contributed by atoms with van der Waals surface area (Å²) in [5.41, 5.74) is 0.608. The van der Waals surface area contributed by atoms with E-state index in [2.05, 4.69) is 128 Å². The number of hydrogen-bond donors (Lipinski definition) is 0. The van der Waals surface area contributed by atoms with Crippen molar-refractivity contribution in [3.63, 3.8) is 0 Å². The molecular weight excluding hydrogens is 494 g/mol. The van der Waals surface area contributed by atoms with Crippen molar-refractivity contribution in [2.45, 2.75) is 77.8 Å². The molecule has 0 spiro atoms. The molecule has 2 aliphatic heterocycles. The van der Waals surface area contributed by atoms with E-state index in [0.717, 1.165) is 16.3 Å². The summed E-state index contributed by atoms with van der Waals surface area (Å²) in [6.45, 7) is 16.8. The number of fused-ring (bicyclic) bond motifs is 7. The molecule has 6 heteroatoms. The Morgan fingerprint density at radius 2 is 0.850 bits per heavy atom. The molecular formula is C34H36B2O4. The maximum atomic E-state index is 6.43. The lowest BCUT2D eigenvalue weighted by molar-refractivity contribution is 0.00578. The average Bonchev–Trinajstić information content (AvgIpc) is 3.26. The molecule has 0 amide bonds. The highest BCUT2D eigenvalue weighted by Gasteiger charge is 2.53. The van der Waals surface area contributed by atoms with Gasteiger partial charge in [-0.25, -0.2) is 0 Å². The van der Waals surface area contributed by atoms with Crippen LogP contribution in [-0.4, -0.2) is 36.6 Å². The highest BCUT2D eigenvalue weighted by atomic mass is 16.7. The van der Waals surface area contributed by atoms with Crippen LogP contribution in [0.1, 0.15) is 55.4 Å². The summed E-state index contributed by atoms with van der Waals surface area (Å²) >= 11 is 0. The topological polar surface area (TPSA) is 36.9 Å². The lowest BCUT2D eigenvalue weighted by Crippen LogP contribution is -2.41. The van der Waals surface area contributed by atoms with Crippen LogP contribution >= 0.6 is 0 Å². The molecule has 5 aromatic carbocycles. The van der Waals surface area contributed by atoms with Crippen LogP contribution in [0.25, 0.3) is 43.1 Å². The summed E-state index contributed by atoms with van der Waals surface area (Å²) in [4.78, 5) is 0. The molecule has 5 aromatic rings. The van der Waals surface area contributed by atoms with Crippen molar-refractivity contribution in [3.05, 3.63) is 72.8 Å². The number of benzene rings is 5. The van der Waals surface area contributed by atoms with Gasteiger partial charge in [-0.15, -0.1) is 0 Å². The Bertz CT molecular complexity index is 1780. The van der Waals surface area contributed by atoms with Crippen LogP contribution in [0, 0.1) is 0 Å². The Labute approximate surface area is 237 Å². The SMILES string of the molecule is CC1(C)OB(c2ccc3ccc4c(ccc5c6cccc(B7OC(C)(C)C(C)(C)O7)c6ccc54)c3c2)OC1(C)C. The van der Waals surface area contributed by atoms with Gasteiger partial charge in [0.25, 0.3) is 0 Å². The minimum atomic E-state index is -0.399. The molecule has 40 heavy (non-hydrogen) atoms. The van der Waals surface area contributed by atoms with Crippen molar-refractivity contribution >= 4 is 68.3 Å². The van der Waals surface area contributed by atoms with Crippen LogP contribution in [0.2, 0.25) is 0 Å². The van der Waals surface area contributed by atoms with E-state index in [4.69, 9.17) is 18.6 Å². The Balaban J connectivity index is 1.36. The molecule has 4 nitrogen and oxygen atoms in total. The lowest BCUT2D eigenvalue weighted by Gasteiger charge is -2.32. The van der Waals surface area contributed by atoms with Gasteiger partial charge in [-0.2, -0.15) is 0 Å². The molecule has 2 aliphatic rings. The summed E-state index contributed by atoms with van der Waals surface area (Å²) in [7, 11) is -0.786. The predicted octanol–water partition coefficient (Wildman–Crippen LogP) is 6.90. The van der Waals surface area contributed by atoms with E-state index in [1.807, 2.05) is 0 Å². The van der Waals surface area contributed by atoms with Gasteiger partial charge in [0.1, 0.15) is 0 Å². The Hall–Kier alpha value is -2.89. The van der Waals surface area contributed by atoms with Gasteiger partial charge in [0.15, 0.2) is 0 Å². The number of hydrogen-bond acceptors (Lipinski definition) is 4. The molecule has 0 saturated carbocycles. The standard InChI is InChI=1S/C34H36B2O4/c1-31(2)32(3,4)38-35(37-31)22-14-12-21-13-15-24-26-18-19-28-23(25(26)16-17-27(24)29(21)20-22)10-9-11-30(28)36-39-33(5,6)34(7,8)40-36/h9-20H,1-8H3. The summed E-state index contributed by atoms with van der Waals surface area (Å²) in [6.07, 6.45) is 0. The van der Waals surface area contributed by atoms with Crippen molar-refractivity contribution in [1.29, 1.82) is 0 Å². The quantitative estimate of drug-likeness (QED) is 0.184. The molecule has 2 saturated heterocycles. The second-order valence-corrected chi connectivity index (χ2v) is 13.5. The molecule has 0 bridgehead atoms. The van der Waals surface area contributed by atoms with E-state index in [9.17, 15) is 0 Å². The van der Waals surface area contributed by atoms with E-state index in [0.29, 0.717) is 0 Å². The zero-order valence-electron chi connectivity index (χ0n) is 24.7. The molecule has 2 fully saturated rings. The zero-order valence-corrected chi connectivity index (χ0v) is 24.7. The van der Waals surface area contributed by atoms with Gasteiger partial charge in [0.05, 0.1) is 22.4 Å². The van der Waals surface area contributed by atoms with Gasteiger partial charge in [-0.3, -0.25) is 0 Å². The maximum Gasteiger partial charge on any atom is 0.495 e. The molecule has 0 radical (unpaired) electrons. The Kier molecular flexibility index (Phi) is 5.42. The second-order valence-electron chi connectivity index (χ2n) is 13.5. The van der Waals surface area contributed by atoms with Gasteiger partial charge < -0.3 is 18.6 Å². The average molecular weight is 530 g/mol. The summed E-state index contributed by atoms with van der Waals surface area (Å²) in [6, 6.07) is 26.4.